The van der Waals surface area contributed by atoms with Crippen molar-refractivity contribution >= 4 is 23.1 Å². The number of benzene rings is 1. The molecule has 1 aromatic carbocycles. The Labute approximate surface area is 93.5 Å². The van der Waals surface area contributed by atoms with Crippen LogP contribution in [0.3, 0.4) is 0 Å². The van der Waals surface area contributed by atoms with Gasteiger partial charge in [0.25, 0.3) is 0 Å². The molecule has 0 fully saturated rings. The van der Waals surface area contributed by atoms with Crippen LogP contribution in [0.1, 0.15) is 12.5 Å². The molecule has 0 saturated carbocycles. The van der Waals surface area contributed by atoms with Gasteiger partial charge in [-0.15, -0.1) is 0 Å². The SMILES string of the molecule is CCOC(=O)C(=CN)c1ccccc1Cl. The van der Waals surface area contributed by atoms with E-state index in [1.54, 1.807) is 31.2 Å². The van der Waals surface area contributed by atoms with Gasteiger partial charge in [-0.05, 0) is 13.0 Å². The van der Waals surface area contributed by atoms with Gasteiger partial charge in [-0.1, -0.05) is 29.8 Å². The topological polar surface area (TPSA) is 52.3 Å². The number of hydrogen-bond acceptors (Lipinski definition) is 3. The molecule has 1 rings (SSSR count). The summed E-state index contributed by atoms with van der Waals surface area (Å²) in [7, 11) is 0. The summed E-state index contributed by atoms with van der Waals surface area (Å²) in [6, 6.07) is 6.98. The Kier molecular flexibility index (Phi) is 4.18. The lowest BCUT2D eigenvalue weighted by Crippen LogP contribution is -2.08. The summed E-state index contributed by atoms with van der Waals surface area (Å²) in [5, 5.41) is 0.474. The van der Waals surface area contributed by atoms with Crippen LogP contribution in [0.5, 0.6) is 0 Å². The second kappa shape index (κ2) is 5.41. The average Bonchev–Trinajstić information content (AvgIpc) is 2.22. The standard InChI is InChI=1S/C11H12ClNO2/c1-2-15-11(14)9(7-13)8-5-3-4-6-10(8)12/h3-7H,2,13H2,1H3. The zero-order chi connectivity index (χ0) is 11.3. The number of esters is 1. The number of rotatable bonds is 3. The molecular weight excluding hydrogens is 214 g/mol. The van der Waals surface area contributed by atoms with Crippen LogP contribution in [0.15, 0.2) is 30.5 Å². The molecule has 4 heteroatoms. The van der Waals surface area contributed by atoms with Gasteiger partial charge in [0.05, 0.1) is 12.2 Å². The minimum absolute atomic E-state index is 0.280. The lowest BCUT2D eigenvalue weighted by molar-refractivity contribution is -0.136. The Morgan fingerprint density at radius 2 is 2.20 bits per heavy atom. The van der Waals surface area contributed by atoms with Crippen molar-refractivity contribution in [1.29, 1.82) is 0 Å². The fourth-order valence-corrected chi connectivity index (χ4v) is 1.39. The molecule has 80 valence electrons. The van der Waals surface area contributed by atoms with Gasteiger partial charge in [0.1, 0.15) is 0 Å². The molecule has 2 N–H and O–H groups in total. The summed E-state index contributed by atoms with van der Waals surface area (Å²) in [6.07, 6.45) is 1.21. The van der Waals surface area contributed by atoms with Gasteiger partial charge in [-0.3, -0.25) is 0 Å². The zero-order valence-corrected chi connectivity index (χ0v) is 9.12. The predicted octanol–water partition coefficient (Wildman–Crippen LogP) is 2.20. The molecule has 0 amide bonds. The van der Waals surface area contributed by atoms with E-state index in [-0.39, 0.29) is 5.57 Å². The number of halogens is 1. The number of carbonyl (C=O) groups excluding carboxylic acids is 1. The van der Waals surface area contributed by atoms with Crippen molar-refractivity contribution in [1.82, 2.24) is 0 Å². The van der Waals surface area contributed by atoms with Gasteiger partial charge < -0.3 is 10.5 Å². The highest BCUT2D eigenvalue weighted by atomic mass is 35.5. The van der Waals surface area contributed by atoms with E-state index in [4.69, 9.17) is 22.1 Å². The second-order valence-corrected chi connectivity index (χ2v) is 3.19. The second-order valence-electron chi connectivity index (χ2n) is 2.78. The summed E-state index contributed by atoms with van der Waals surface area (Å²) in [5.41, 5.74) is 6.25. The van der Waals surface area contributed by atoms with E-state index in [0.717, 1.165) is 0 Å². The molecule has 0 aliphatic heterocycles. The normalized spacial score (nSPS) is 11.2. The van der Waals surface area contributed by atoms with Crippen LogP contribution in [0, 0.1) is 0 Å². The predicted molar refractivity (Wildman–Crippen MR) is 60.2 cm³/mol. The van der Waals surface area contributed by atoms with Crippen molar-refractivity contribution < 1.29 is 9.53 Å². The molecule has 0 heterocycles. The summed E-state index contributed by atoms with van der Waals surface area (Å²) in [6.45, 7) is 2.04. The van der Waals surface area contributed by atoms with Crippen LogP contribution in [-0.2, 0) is 9.53 Å². The third-order valence-corrected chi connectivity index (χ3v) is 2.16. The minimum Gasteiger partial charge on any atom is -0.462 e. The molecule has 0 radical (unpaired) electrons. The van der Waals surface area contributed by atoms with Gasteiger partial charge >= 0.3 is 5.97 Å². The molecule has 0 saturated heterocycles. The number of nitrogens with two attached hydrogens (primary N) is 1. The molecule has 0 aromatic heterocycles. The largest absolute Gasteiger partial charge is 0.462 e. The van der Waals surface area contributed by atoms with Crippen LogP contribution in [0.2, 0.25) is 5.02 Å². The Morgan fingerprint density at radius 1 is 1.53 bits per heavy atom. The molecule has 0 bridgehead atoms. The molecular formula is C11H12ClNO2. The van der Waals surface area contributed by atoms with Crippen molar-refractivity contribution in [2.45, 2.75) is 6.92 Å². The fraction of sp³-hybridized carbons (Fsp3) is 0.182. The van der Waals surface area contributed by atoms with E-state index >= 15 is 0 Å². The van der Waals surface area contributed by atoms with Crippen LogP contribution >= 0.6 is 11.6 Å². The molecule has 0 aliphatic rings. The Morgan fingerprint density at radius 3 is 2.73 bits per heavy atom. The van der Waals surface area contributed by atoms with E-state index < -0.39 is 5.97 Å². The number of ether oxygens (including phenoxy) is 1. The molecule has 3 nitrogen and oxygen atoms in total. The first-order valence-electron chi connectivity index (χ1n) is 4.54. The molecule has 0 aliphatic carbocycles. The average molecular weight is 226 g/mol. The highest BCUT2D eigenvalue weighted by molar-refractivity contribution is 6.34. The van der Waals surface area contributed by atoms with Gasteiger partial charge in [0, 0.05) is 16.8 Å². The Bertz CT molecular complexity index is 388. The number of hydrogen-bond donors (Lipinski definition) is 1. The van der Waals surface area contributed by atoms with Crippen LogP contribution in [0.25, 0.3) is 5.57 Å². The quantitative estimate of drug-likeness (QED) is 0.634. The Balaban J connectivity index is 3.04. The summed E-state index contributed by atoms with van der Waals surface area (Å²) >= 11 is 5.94. The van der Waals surface area contributed by atoms with E-state index in [2.05, 4.69) is 0 Å². The van der Waals surface area contributed by atoms with Gasteiger partial charge in [0.2, 0.25) is 0 Å². The van der Waals surface area contributed by atoms with E-state index in [9.17, 15) is 4.79 Å². The fourth-order valence-electron chi connectivity index (χ4n) is 1.16. The van der Waals surface area contributed by atoms with E-state index in [0.29, 0.717) is 17.2 Å². The van der Waals surface area contributed by atoms with Crippen LogP contribution < -0.4 is 5.73 Å². The first-order valence-corrected chi connectivity index (χ1v) is 4.92. The van der Waals surface area contributed by atoms with Crippen molar-refractivity contribution in [3.05, 3.63) is 41.1 Å². The summed E-state index contributed by atoms with van der Waals surface area (Å²) in [5.74, 6) is -0.465. The molecule has 15 heavy (non-hydrogen) atoms. The smallest absolute Gasteiger partial charge is 0.340 e. The number of carbonyl (C=O) groups is 1. The maximum atomic E-state index is 11.5. The third-order valence-electron chi connectivity index (χ3n) is 1.83. The van der Waals surface area contributed by atoms with Gasteiger partial charge in [-0.25, -0.2) is 4.79 Å². The molecule has 0 unspecified atom stereocenters. The van der Waals surface area contributed by atoms with E-state index in [1.165, 1.54) is 6.20 Å². The highest BCUT2D eigenvalue weighted by Gasteiger charge is 2.14. The molecule has 0 atom stereocenters. The maximum Gasteiger partial charge on any atom is 0.340 e. The molecule has 0 spiro atoms. The zero-order valence-electron chi connectivity index (χ0n) is 8.37. The first-order chi connectivity index (χ1) is 7.20. The van der Waals surface area contributed by atoms with Gasteiger partial charge in [0.15, 0.2) is 0 Å². The lowest BCUT2D eigenvalue weighted by Gasteiger charge is -2.07. The maximum absolute atomic E-state index is 11.5. The first kappa shape index (κ1) is 11.6. The lowest BCUT2D eigenvalue weighted by atomic mass is 10.1. The Hall–Kier alpha value is -1.48. The third kappa shape index (κ3) is 2.73. The van der Waals surface area contributed by atoms with Crippen molar-refractivity contribution in [2.75, 3.05) is 6.61 Å². The highest BCUT2D eigenvalue weighted by Crippen LogP contribution is 2.23. The van der Waals surface area contributed by atoms with E-state index in [1.807, 2.05) is 0 Å². The summed E-state index contributed by atoms with van der Waals surface area (Å²) < 4.78 is 4.86. The van der Waals surface area contributed by atoms with Crippen LogP contribution in [-0.4, -0.2) is 12.6 Å². The monoisotopic (exact) mass is 225 g/mol. The van der Waals surface area contributed by atoms with Crippen LogP contribution in [0.4, 0.5) is 0 Å². The molecule has 1 aromatic rings. The van der Waals surface area contributed by atoms with Crippen molar-refractivity contribution in [3.8, 4) is 0 Å². The van der Waals surface area contributed by atoms with Gasteiger partial charge in [-0.2, -0.15) is 0 Å². The van der Waals surface area contributed by atoms with Crippen molar-refractivity contribution in [2.24, 2.45) is 5.73 Å². The minimum atomic E-state index is -0.465. The van der Waals surface area contributed by atoms with Crippen molar-refractivity contribution in [3.63, 3.8) is 0 Å². The summed E-state index contributed by atoms with van der Waals surface area (Å²) in [4.78, 5) is 11.5.